The summed E-state index contributed by atoms with van der Waals surface area (Å²) >= 11 is 1.62. The third-order valence-electron chi connectivity index (χ3n) is 2.12. The molecule has 0 aliphatic heterocycles. The van der Waals surface area contributed by atoms with Crippen molar-refractivity contribution in [3.8, 4) is 0 Å². The summed E-state index contributed by atoms with van der Waals surface area (Å²) in [7, 11) is 0. The Morgan fingerprint density at radius 3 is 2.80 bits per heavy atom. The zero-order valence-corrected chi connectivity index (χ0v) is 6.74. The van der Waals surface area contributed by atoms with Crippen LogP contribution < -0.4 is 5.73 Å². The topological polar surface area (TPSA) is 38.9 Å². The molecule has 1 aromatic rings. The van der Waals surface area contributed by atoms with E-state index in [1.165, 1.54) is 17.7 Å². The van der Waals surface area contributed by atoms with E-state index in [0.717, 1.165) is 0 Å². The number of thiazole rings is 1. The lowest BCUT2D eigenvalue weighted by Gasteiger charge is -1.99. The van der Waals surface area contributed by atoms with Gasteiger partial charge in [0.2, 0.25) is 0 Å². The van der Waals surface area contributed by atoms with Crippen LogP contribution in [-0.4, -0.2) is 4.98 Å². The molecular formula is C7H10N2S. The van der Waals surface area contributed by atoms with Crippen LogP contribution in [0.1, 0.15) is 24.6 Å². The van der Waals surface area contributed by atoms with E-state index >= 15 is 0 Å². The SMILES string of the molecule is CC1(c2cnc(N)s2)CC1. The number of hydrogen-bond acceptors (Lipinski definition) is 3. The zero-order chi connectivity index (χ0) is 7.19. The molecule has 10 heavy (non-hydrogen) atoms. The molecule has 1 fully saturated rings. The van der Waals surface area contributed by atoms with Crippen molar-refractivity contribution in [2.75, 3.05) is 5.73 Å². The van der Waals surface area contributed by atoms with Crippen molar-refractivity contribution in [2.45, 2.75) is 25.2 Å². The number of rotatable bonds is 1. The first kappa shape index (κ1) is 6.16. The van der Waals surface area contributed by atoms with Crippen molar-refractivity contribution in [1.29, 1.82) is 0 Å². The number of nitrogen functional groups attached to an aromatic ring is 1. The summed E-state index contributed by atoms with van der Waals surface area (Å²) in [6.45, 7) is 2.26. The first-order valence-corrected chi connectivity index (χ1v) is 4.24. The first-order chi connectivity index (χ1) is 4.71. The van der Waals surface area contributed by atoms with Gasteiger partial charge < -0.3 is 5.73 Å². The lowest BCUT2D eigenvalue weighted by Crippen LogP contribution is -1.94. The molecule has 1 aliphatic rings. The minimum Gasteiger partial charge on any atom is -0.375 e. The molecule has 2 nitrogen and oxygen atoms in total. The number of nitrogens with zero attached hydrogens (tertiary/aromatic N) is 1. The molecule has 0 radical (unpaired) electrons. The smallest absolute Gasteiger partial charge is 0.180 e. The third-order valence-corrected chi connectivity index (χ3v) is 3.25. The molecule has 1 aromatic heterocycles. The third kappa shape index (κ3) is 0.814. The Labute approximate surface area is 64.1 Å². The highest BCUT2D eigenvalue weighted by Crippen LogP contribution is 2.49. The van der Waals surface area contributed by atoms with Crippen LogP contribution in [0.15, 0.2) is 6.20 Å². The summed E-state index contributed by atoms with van der Waals surface area (Å²) in [6, 6.07) is 0. The Morgan fingerprint density at radius 2 is 2.40 bits per heavy atom. The first-order valence-electron chi connectivity index (χ1n) is 3.42. The monoisotopic (exact) mass is 154 g/mol. The van der Waals surface area contributed by atoms with E-state index in [2.05, 4.69) is 11.9 Å². The fraction of sp³-hybridized carbons (Fsp3) is 0.571. The minimum absolute atomic E-state index is 0.440. The molecule has 0 bridgehead atoms. The van der Waals surface area contributed by atoms with Gasteiger partial charge in [0.1, 0.15) is 0 Å². The quantitative estimate of drug-likeness (QED) is 0.669. The number of hydrogen-bond donors (Lipinski definition) is 1. The number of aromatic nitrogens is 1. The molecule has 1 saturated carbocycles. The van der Waals surface area contributed by atoms with Crippen LogP contribution in [-0.2, 0) is 5.41 Å². The fourth-order valence-corrected chi connectivity index (χ4v) is 1.89. The molecule has 0 amide bonds. The fourth-order valence-electron chi connectivity index (χ4n) is 1.00. The van der Waals surface area contributed by atoms with Gasteiger partial charge in [0.15, 0.2) is 5.13 Å². The van der Waals surface area contributed by atoms with E-state index in [1.54, 1.807) is 11.3 Å². The van der Waals surface area contributed by atoms with Gasteiger partial charge in [-0.1, -0.05) is 6.92 Å². The summed E-state index contributed by atoms with van der Waals surface area (Å²) in [5.74, 6) is 0. The van der Waals surface area contributed by atoms with E-state index < -0.39 is 0 Å². The van der Waals surface area contributed by atoms with E-state index in [1.807, 2.05) is 6.20 Å². The zero-order valence-electron chi connectivity index (χ0n) is 5.92. The molecule has 0 saturated heterocycles. The maximum Gasteiger partial charge on any atom is 0.180 e. The van der Waals surface area contributed by atoms with Crippen LogP contribution in [0.2, 0.25) is 0 Å². The van der Waals surface area contributed by atoms with Crippen LogP contribution in [0.4, 0.5) is 5.13 Å². The van der Waals surface area contributed by atoms with Gasteiger partial charge in [0.25, 0.3) is 0 Å². The molecule has 1 heterocycles. The molecule has 2 N–H and O–H groups in total. The predicted octanol–water partition coefficient (Wildman–Crippen LogP) is 1.78. The Balaban J connectivity index is 2.34. The summed E-state index contributed by atoms with van der Waals surface area (Å²) in [5, 5.41) is 0.697. The molecule has 0 unspecified atom stereocenters. The number of anilines is 1. The lowest BCUT2D eigenvalue weighted by atomic mass is 10.1. The Hall–Kier alpha value is -0.570. The Kier molecular flexibility index (Phi) is 1.06. The molecule has 0 atom stereocenters. The van der Waals surface area contributed by atoms with E-state index in [-0.39, 0.29) is 0 Å². The molecule has 54 valence electrons. The number of nitrogens with two attached hydrogens (primary N) is 1. The van der Waals surface area contributed by atoms with Gasteiger partial charge in [0, 0.05) is 16.5 Å². The van der Waals surface area contributed by atoms with Gasteiger partial charge in [-0.05, 0) is 12.8 Å². The standard InChI is InChI=1S/C7H10N2S/c1-7(2-3-7)5-4-9-6(8)10-5/h4H,2-3H2,1H3,(H2,8,9). The second-order valence-electron chi connectivity index (χ2n) is 3.12. The van der Waals surface area contributed by atoms with Crippen molar-refractivity contribution in [2.24, 2.45) is 0 Å². The minimum atomic E-state index is 0.440. The molecule has 0 aromatic carbocycles. The predicted molar refractivity (Wildman–Crippen MR) is 43.1 cm³/mol. The maximum absolute atomic E-state index is 5.51. The van der Waals surface area contributed by atoms with Crippen LogP contribution in [0, 0.1) is 0 Å². The van der Waals surface area contributed by atoms with E-state index in [0.29, 0.717) is 10.5 Å². The van der Waals surface area contributed by atoms with Crippen molar-refractivity contribution < 1.29 is 0 Å². The highest BCUT2D eigenvalue weighted by Gasteiger charge is 2.40. The molecule has 0 spiro atoms. The second-order valence-corrected chi connectivity index (χ2v) is 4.19. The van der Waals surface area contributed by atoms with Gasteiger partial charge in [-0.15, -0.1) is 11.3 Å². The highest BCUT2D eigenvalue weighted by molar-refractivity contribution is 7.15. The van der Waals surface area contributed by atoms with E-state index in [4.69, 9.17) is 5.73 Å². The van der Waals surface area contributed by atoms with Gasteiger partial charge in [0.05, 0.1) is 0 Å². The summed E-state index contributed by atoms with van der Waals surface area (Å²) in [5.41, 5.74) is 5.95. The summed E-state index contributed by atoms with van der Waals surface area (Å²) in [6.07, 6.45) is 4.51. The molecule has 1 aliphatic carbocycles. The highest BCUT2D eigenvalue weighted by atomic mass is 32.1. The van der Waals surface area contributed by atoms with Crippen molar-refractivity contribution in [3.63, 3.8) is 0 Å². The van der Waals surface area contributed by atoms with Gasteiger partial charge in [-0.2, -0.15) is 0 Å². The van der Waals surface area contributed by atoms with E-state index in [9.17, 15) is 0 Å². The molecular weight excluding hydrogens is 144 g/mol. The largest absolute Gasteiger partial charge is 0.375 e. The van der Waals surface area contributed by atoms with Crippen molar-refractivity contribution >= 4 is 16.5 Å². The Morgan fingerprint density at radius 1 is 1.70 bits per heavy atom. The van der Waals surface area contributed by atoms with Crippen LogP contribution >= 0.6 is 11.3 Å². The normalized spacial score (nSPS) is 20.9. The molecule has 2 rings (SSSR count). The van der Waals surface area contributed by atoms with Gasteiger partial charge in [-0.3, -0.25) is 0 Å². The summed E-state index contributed by atoms with van der Waals surface area (Å²) < 4.78 is 0. The average Bonchev–Trinajstić information content (AvgIpc) is 2.45. The van der Waals surface area contributed by atoms with Crippen LogP contribution in [0.5, 0.6) is 0 Å². The van der Waals surface area contributed by atoms with Gasteiger partial charge >= 0.3 is 0 Å². The molecule has 3 heteroatoms. The average molecular weight is 154 g/mol. The van der Waals surface area contributed by atoms with Crippen molar-refractivity contribution in [3.05, 3.63) is 11.1 Å². The van der Waals surface area contributed by atoms with Gasteiger partial charge in [-0.25, -0.2) is 4.98 Å². The van der Waals surface area contributed by atoms with Crippen LogP contribution in [0.25, 0.3) is 0 Å². The van der Waals surface area contributed by atoms with Crippen LogP contribution in [0.3, 0.4) is 0 Å². The lowest BCUT2D eigenvalue weighted by molar-refractivity contribution is 0.806. The van der Waals surface area contributed by atoms with Crippen molar-refractivity contribution in [1.82, 2.24) is 4.98 Å². The Bertz CT molecular complexity index is 250. The second kappa shape index (κ2) is 1.72. The maximum atomic E-state index is 5.51. The summed E-state index contributed by atoms with van der Waals surface area (Å²) in [4.78, 5) is 5.37.